The van der Waals surface area contributed by atoms with E-state index in [9.17, 15) is 5.11 Å². The molecular weight excluding hydrogens is 228 g/mol. The predicted molar refractivity (Wildman–Crippen MR) is 75.4 cm³/mol. The average Bonchev–Trinajstić information content (AvgIpc) is 2.30. The highest BCUT2D eigenvalue weighted by Gasteiger charge is 2.28. The maximum absolute atomic E-state index is 9.29. The van der Waals surface area contributed by atoms with Crippen LogP contribution in [0, 0.1) is 11.3 Å². The molecule has 0 spiro atoms. The van der Waals surface area contributed by atoms with E-state index in [1.807, 2.05) is 0 Å². The van der Waals surface area contributed by atoms with Gasteiger partial charge in [0.15, 0.2) is 0 Å². The molecule has 0 radical (unpaired) electrons. The second-order valence-electron chi connectivity index (χ2n) is 6.38. The number of hydrogen-bond donors (Lipinski definition) is 3. The third kappa shape index (κ3) is 8.90. The van der Waals surface area contributed by atoms with E-state index in [1.165, 1.54) is 12.8 Å². The molecule has 3 heteroatoms. The zero-order chi connectivity index (χ0) is 14.0. The van der Waals surface area contributed by atoms with Gasteiger partial charge < -0.3 is 15.3 Å². The van der Waals surface area contributed by atoms with Gasteiger partial charge in [0.25, 0.3) is 0 Å². The molecule has 0 heterocycles. The summed E-state index contributed by atoms with van der Waals surface area (Å²) in [6, 6.07) is 0. The van der Waals surface area contributed by atoms with Crippen molar-refractivity contribution in [2.24, 2.45) is 11.3 Å². The summed E-state index contributed by atoms with van der Waals surface area (Å²) in [6.45, 7) is 7.40. The molecule has 1 rings (SSSR count). The highest BCUT2D eigenvalue weighted by molar-refractivity contribution is 4.79. The Morgan fingerprint density at radius 1 is 0.833 bits per heavy atom. The molecule has 1 aliphatic carbocycles. The van der Waals surface area contributed by atoms with Crippen LogP contribution in [0.5, 0.6) is 0 Å². The van der Waals surface area contributed by atoms with Gasteiger partial charge in [0, 0.05) is 13.2 Å². The van der Waals surface area contributed by atoms with Crippen molar-refractivity contribution in [3.63, 3.8) is 0 Å². The summed E-state index contributed by atoms with van der Waals surface area (Å²) < 4.78 is 0. The smallest absolute Gasteiger partial charge is 0.0540 e. The lowest BCUT2D eigenvalue weighted by atomic mass is 9.72. The summed E-state index contributed by atoms with van der Waals surface area (Å²) in [5.41, 5.74) is 0.445. The fourth-order valence-corrected chi connectivity index (χ4v) is 2.34. The predicted octanol–water partition coefficient (Wildman–Crippen LogP) is 2.72. The van der Waals surface area contributed by atoms with Crippen molar-refractivity contribution >= 4 is 0 Å². The van der Waals surface area contributed by atoms with E-state index in [-0.39, 0.29) is 19.3 Å². The van der Waals surface area contributed by atoms with Gasteiger partial charge in [-0.25, -0.2) is 0 Å². The van der Waals surface area contributed by atoms with Crippen molar-refractivity contribution in [1.82, 2.24) is 0 Å². The van der Waals surface area contributed by atoms with Gasteiger partial charge >= 0.3 is 0 Å². The minimum absolute atomic E-state index is 0.00593. The topological polar surface area (TPSA) is 60.7 Å². The van der Waals surface area contributed by atoms with Gasteiger partial charge in [0.1, 0.15) is 0 Å². The van der Waals surface area contributed by atoms with Crippen molar-refractivity contribution in [3.05, 3.63) is 0 Å². The van der Waals surface area contributed by atoms with Gasteiger partial charge in [-0.1, -0.05) is 20.8 Å². The van der Waals surface area contributed by atoms with Gasteiger partial charge in [-0.15, -0.1) is 0 Å². The van der Waals surface area contributed by atoms with Crippen molar-refractivity contribution in [1.29, 1.82) is 0 Å². The van der Waals surface area contributed by atoms with Crippen LogP contribution >= 0.6 is 0 Å². The molecule has 0 bridgehead atoms. The van der Waals surface area contributed by atoms with Crippen LogP contribution in [0.3, 0.4) is 0 Å². The van der Waals surface area contributed by atoms with Crippen LogP contribution in [0.15, 0.2) is 0 Å². The van der Waals surface area contributed by atoms with Gasteiger partial charge in [-0.3, -0.25) is 0 Å². The number of unbranched alkanes of at least 4 members (excludes halogenated alkanes) is 2. The Balaban J connectivity index is 0.000000360. The summed E-state index contributed by atoms with van der Waals surface area (Å²) in [5, 5.41) is 25.7. The summed E-state index contributed by atoms with van der Waals surface area (Å²) in [4.78, 5) is 0. The first-order chi connectivity index (χ1) is 8.41. The van der Waals surface area contributed by atoms with E-state index in [2.05, 4.69) is 20.8 Å². The SMILES string of the molecule is CC(C)(C)C1CCC(O)CC1.OCCCCCO. The fraction of sp³-hybridized carbons (Fsp3) is 1.00. The van der Waals surface area contributed by atoms with E-state index in [1.54, 1.807) is 0 Å². The maximum atomic E-state index is 9.29. The molecule has 0 aliphatic heterocycles. The molecule has 0 amide bonds. The van der Waals surface area contributed by atoms with Crippen LogP contribution < -0.4 is 0 Å². The molecule has 110 valence electrons. The zero-order valence-electron chi connectivity index (χ0n) is 12.4. The summed E-state index contributed by atoms with van der Waals surface area (Å²) >= 11 is 0. The molecule has 1 fully saturated rings. The van der Waals surface area contributed by atoms with E-state index in [0.717, 1.165) is 38.0 Å². The Kier molecular flexibility index (Phi) is 9.70. The van der Waals surface area contributed by atoms with E-state index in [4.69, 9.17) is 10.2 Å². The Morgan fingerprint density at radius 2 is 1.28 bits per heavy atom. The van der Waals surface area contributed by atoms with E-state index < -0.39 is 0 Å². The highest BCUT2D eigenvalue weighted by Crippen LogP contribution is 2.37. The van der Waals surface area contributed by atoms with Crippen LogP contribution in [0.4, 0.5) is 0 Å². The number of hydrogen-bond acceptors (Lipinski definition) is 3. The molecule has 0 aromatic rings. The molecule has 0 atom stereocenters. The largest absolute Gasteiger partial charge is 0.396 e. The normalized spacial score (nSPS) is 24.3. The molecule has 1 saturated carbocycles. The lowest BCUT2D eigenvalue weighted by Gasteiger charge is -2.35. The summed E-state index contributed by atoms with van der Waals surface area (Å²) in [5.74, 6) is 0.825. The Morgan fingerprint density at radius 3 is 1.61 bits per heavy atom. The van der Waals surface area contributed by atoms with Gasteiger partial charge in [-0.05, 0) is 56.3 Å². The number of aliphatic hydroxyl groups excluding tert-OH is 3. The Hall–Kier alpha value is -0.120. The van der Waals surface area contributed by atoms with Crippen LogP contribution in [0.25, 0.3) is 0 Å². The van der Waals surface area contributed by atoms with Crippen molar-refractivity contribution < 1.29 is 15.3 Å². The molecule has 3 N–H and O–H groups in total. The van der Waals surface area contributed by atoms with Crippen LogP contribution in [-0.4, -0.2) is 34.6 Å². The van der Waals surface area contributed by atoms with Gasteiger partial charge in [0.05, 0.1) is 6.10 Å². The van der Waals surface area contributed by atoms with Gasteiger partial charge in [-0.2, -0.15) is 0 Å². The van der Waals surface area contributed by atoms with E-state index >= 15 is 0 Å². The number of aliphatic hydroxyl groups is 3. The van der Waals surface area contributed by atoms with Crippen LogP contribution in [0.2, 0.25) is 0 Å². The van der Waals surface area contributed by atoms with Gasteiger partial charge in [0.2, 0.25) is 0 Å². The standard InChI is InChI=1S/C10H20O.C5H12O2/c1-10(2,3)8-4-6-9(11)7-5-8;6-4-2-1-3-5-7/h8-9,11H,4-7H2,1-3H3;6-7H,1-5H2. The first-order valence-electron chi connectivity index (χ1n) is 7.31. The average molecular weight is 260 g/mol. The van der Waals surface area contributed by atoms with Crippen molar-refractivity contribution in [2.75, 3.05) is 13.2 Å². The molecule has 1 aliphatic rings. The van der Waals surface area contributed by atoms with Crippen molar-refractivity contribution in [3.8, 4) is 0 Å². The Bertz CT molecular complexity index is 175. The fourth-order valence-electron chi connectivity index (χ4n) is 2.34. The van der Waals surface area contributed by atoms with Crippen LogP contribution in [0.1, 0.15) is 65.7 Å². The number of rotatable bonds is 4. The lowest BCUT2D eigenvalue weighted by molar-refractivity contribution is 0.0725. The first kappa shape index (κ1) is 17.9. The molecule has 0 aromatic heterocycles. The third-order valence-corrected chi connectivity index (χ3v) is 3.74. The molecule has 0 aromatic carbocycles. The summed E-state index contributed by atoms with van der Waals surface area (Å²) in [7, 11) is 0. The van der Waals surface area contributed by atoms with E-state index in [0.29, 0.717) is 5.41 Å². The monoisotopic (exact) mass is 260 g/mol. The Labute approximate surface area is 112 Å². The first-order valence-corrected chi connectivity index (χ1v) is 7.31. The molecule has 3 nitrogen and oxygen atoms in total. The quantitative estimate of drug-likeness (QED) is 0.681. The van der Waals surface area contributed by atoms with Crippen LogP contribution in [-0.2, 0) is 0 Å². The zero-order valence-corrected chi connectivity index (χ0v) is 12.4. The minimum Gasteiger partial charge on any atom is -0.396 e. The molecular formula is C15H32O3. The second kappa shape index (κ2) is 9.76. The molecule has 0 unspecified atom stereocenters. The minimum atomic E-state index is -0.00593. The molecule has 18 heavy (non-hydrogen) atoms. The maximum Gasteiger partial charge on any atom is 0.0540 e. The molecule has 0 saturated heterocycles. The highest BCUT2D eigenvalue weighted by atomic mass is 16.3. The second-order valence-corrected chi connectivity index (χ2v) is 6.38. The lowest BCUT2D eigenvalue weighted by Crippen LogP contribution is -2.27. The summed E-state index contributed by atoms with van der Waals surface area (Å²) in [6.07, 6.45) is 7.03. The van der Waals surface area contributed by atoms with Crippen molar-refractivity contribution in [2.45, 2.75) is 71.8 Å². The third-order valence-electron chi connectivity index (χ3n) is 3.74.